The maximum absolute atomic E-state index is 6.36. The van der Waals surface area contributed by atoms with Crippen molar-refractivity contribution in [1.82, 2.24) is 4.90 Å². The third-order valence-electron chi connectivity index (χ3n) is 4.26. The van der Waals surface area contributed by atoms with Gasteiger partial charge in [-0.15, -0.1) is 0 Å². The minimum Gasteiger partial charge on any atom is -0.323 e. The Balaban J connectivity index is 1.54. The molecule has 2 aliphatic rings. The van der Waals surface area contributed by atoms with Crippen LogP contribution in [-0.4, -0.2) is 23.5 Å². The van der Waals surface area contributed by atoms with Crippen molar-refractivity contribution in [2.24, 2.45) is 11.7 Å². The second-order valence-corrected chi connectivity index (χ2v) is 5.82. The van der Waals surface area contributed by atoms with Gasteiger partial charge in [-0.2, -0.15) is 0 Å². The Morgan fingerprint density at radius 1 is 1.18 bits per heavy atom. The largest absolute Gasteiger partial charge is 0.323 e. The van der Waals surface area contributed by atoms with Crippen molar-refractivity contribution in [1.29, 1.82) is 0 Å². The summed E-state index contributed by atoms with van der Waals surface area (Å²) in [5.41, 5.74) is 9.35. The van der Waals surface area contributed by atoms with Gasteiger partial charge in [-0.1, -0.05) is 31.2 Å². The van der Waals surface area contributed by atoms with Crippen LogP contribution < -0.4 is 5.73 Å². The predicted octanol–water partition coefficient (Wildman–Crippen LogP) is 2.17. The lowest BCUT2D eigenvalue weighted by Gasteiger charge is -2.48. The summed E-state index contributed by atoms with van der Waals surface area (Å²) >= 11 is 0. The highest BCUT2D eigenvalue weighted by molar-refractivity contribution is 5.23. The molecule has 2 nitrogen and oxygen atoms in total. The van der Waals surface area contributed by atoms with Gasteiger partial charge in [-0.05, 0) is 36.3 Å². The number of benzene rings is 1. The van der Waals surface area contributed by atoms with Gasteiger partial charge < -0.3 is 5.73 Å². The second-order valence-electron chi connectivity index (χ2n) is 5.82. The summed E-state index contributed by atoms with van der Waals surface area (Å²) in [5, 5.41) is 0. The third-order valence-corrected chi connectivity index (χ3v) is 4.26. The Hall–Kier alpha value is -0.860. The molecule has 1 saturated heterocycles. The second kappa shape index (κ2) is 4.11. The van der Waals surface area contributed by atoms with E-state index >= 15 is 0 Å². The quantitative estimate of drug-likeness (QED) is 0.859. The van der Waals surface area contributed by atoms with Gasteiger partial charge in [0.1, 0.15) is 0 Å². The lowest BCUT2D eigenvalue weighted by atomic mass is 9.85. The van der Waals surface area contributed by atoms with E-state index in [1.54, 1.807) is 0 Å². The molecule has 1 aromatic carbocycles. The van der Waals surface area contributed by atoms with E-state index in [9.17, 15) is 0 Å². The van der Waals surface area contributed by atoms with Crippen LogP contribution in [0.25, 0.3) is 0 Å². The number of nitrogens with two attached hydrogens (primary N) is 1. The van der Waals surface area contributed by atoms with Crippen LogP contribution in [0.2, 0.25) is 0 Å². The standard InChI is InChI=1S/C15H22N2/c1-2-12-3-5-13(6-4-12)9-17-10-15(16,11-17)14-7-8-14/h3-6,14H,2,7-11,16H2,1H3. The van der Waals surface area contributed by atoms with Crippen LogP contribution in [0.5, 0.6) is 0 Å². The van der Waals surface area contributed by atoms with E-state index in [0.29, 0.717) is 0 Å². The number of hydrogen-bond acceptors (Lipinski definition) is 2. The number of nitrogens with zero attached hydrogens (tertiary/aromatic N) is 1. The average Bonchev–Trinajstić information content (AvgIpc) is 3.12. The minimum atomic E-state index is 0.156. The van der Waals surface area contributed by atoms with E-state index in [0.717, 1.165) is 32.0 Å². The SMILES string of the molecule is CCc1ccc(CN2CC(N)(C3CC3)C2)cc1. The van der Waals surface area contributed by atoms with Crippen molar-refractivity contribution in [3.05, 3.63) is 35.4 Å². The fraction of sp³-hybridized carbons (Fsp3) is 0.600. The van der Waals surface area contributed by atoms with E-state index < -0.39 is 0 Å². The van der Waals surface area contributed by atoms with Crippen molar-refractivity contribution in [2.45, 2.75) is 38.3 Å². The van der Waals surface area contributed by atoms with E-state index in [1.165, 1.54) is 24.0 Å². The molecule has 1 saturated carbocycles. The molecule has 0 unspecified atom stereocenters. The summed E-state index contributed by atoms with van der Waals surface area (Å²) in [5.74, 6) is 0.821. The van der Waals surface area contributed by atoms with E-state index in [2.05, 4.69) is 36.1 Å². The molecule has 2 N–H and O–H groups in total. The number of hydrogen-bond donors (Lipinski definition) is 1. The van der Waals surface area contributed by atoms with Crippen molar-refractivity contribution in [3.8, 4) is 0 Å². The van der Waals surface area contributed by atoms with Gasteiger partial charge in [-0.25, -0.2) is 0 Å². The van der Waals surface area contributed by atoms with E-state index in [1.807, 2.05) is 0 Å². The summed E-state index contributed by atoms with van der Waals surface area (Å²) in [7, 11) is 0. The monoisotopic (exact) mass is 230 g/mol. The summed E-state index contributed by atoms with van der Waals surface area (Å²) in [6.07, 6.45) is 3.84. The van der Waals surface area contributed by atoms with Crippen LogP contribution in [0, 0.1) is 5.92 Å². The van der Waals surface area contributed by atoms with Crippen LogP contribution in [0.4, 0.5) is 0 Å². The normalized spacial score (nSPS) is 23.4. The Morgan fingerprint density at radius 2 is 1.76 bits per heavy atom. The van der Waals surface area contributed by atoms with Crippen LogP contribution in [0.3, 0.4) is 0 Å². The fourth-order valence-electron chi connectivity index (χ4n) is 2.95. The molecule has 1 aliphatic heterocycles. The molecule has 2 heteroatoms. The van der Waals surface area contributed by atoms with Gasteiger partial charge in [0.2, 0.25) is 0 Å². The van der Waals surface area contributed by atoms with Gasteiger partial charge in [0, 0.05) is 25.2 Å². The van der Waals surface area contributed by atoms with Crippen molar-refractivity contribution < 1.29 is 0 Å². The molecule has 2 fully saturated rings. The lowest BCUT2D eigenvalue weighted by Crippen LogP contribution is -2.68. The zero-order chi connectivity index (χ0) is 11.9. The first-order valence-corrected chi connectivity index (χ1v) is 6.79. The Labute approximate surface area is 104 Å². The topological polar surface area (TPSA) is 29.3 Å². The van der Waals surface area contributed by atoms with Gasteiger partial charge in [0.25, 0.3) is 0 Å². The molecule has 0 bridgehead atoms. The first-order valence-electron chi connectivity index (χ1n) is 6.79. The molecule has 92 valence electrons. The van der Waals surface area contributed by atoms with Crippen LogP contribution in [0.15, 0.2) is 24.3 Å². The molecule has 0 aromatic heterocycles. The molecule has 1 aromatic rings. The van der Waals surface area contributed by atoms with Crippen molar-refractivity contribution in [3.63, 3.8) is 0 Å². The number of aryl methyl sites for hydroxylation is 1. The van der Waals surface area contributed by atoms with Crippen LogP contribution in [0.1, 0.15) is 30.9 Å². The molecule has 3 rings (SSSR count). The highest BCUT2D eigenvalue weighted by Crippen LogP contribution is 2.43. The first kappa shape index (κ1) is 11.2. The molecule has 0 spiro atoms. The predicted molar refractivity (Wildman–Crippen MR) is 70.7 cm³/mol. The zero-order valence-corrected chi connectivity index (χ0v) is 10.7. The van der Waals surface area contributed by atoms with Crippen LogP contribution in [-0.2, 0) is 13.0 Å². The Kier molecular flexibility index (Phi) is 2.72. The number of likely N-dealkylation sites (tertiary alicyclic amines) is 1. The van der Waals surface area contributed by atoms with Gasteiger partial charge in [-0.3, -0.25) is 4.90 Å². The van der Waals surface area contributed by atoms with E-state index in [4.69, 9.17) is 5.73 Å². The highest BCUT2D eigenvalue weighted by atomic mass is 15.3. The summed E-state index contributed by atoms with van der Waals surface area (Å²) < 4.78 is 0. The molecule has 17 heavy (non-hydrogen) atoms. The third kappa shape index (κ3) is 2.24. The maximum Gasteiger partial charge on any atom is 0.0441 e. The molecule has 1 heterocycles. The summed E-state index contributed by atoms with van der Waals surface area (Å²) in [6, 6.07) is 9.00. The first-order chi connectivity index (χ1) is 8.19. The van der Waals surface area contributed by atoms with Gasteiger partial charge in [0.15, 0.2) is 0 Å². The molecule has 0 radical (unpaired) electrons. The Bertz CT molecular complexity index is 386. The Morgan fingerprint density at radius 3 is 2.29 bits per heavy atom. The summed E-state index contributed by atoms with van der Waals surface area (Å²) in [4.78, 5) is 2.47. The van der Waals surface area contributed by atoms with Crippen molar-refractivity contribution >= 4 is 0 Å². The molecular weight excluding hydrogens is 208 g/mol. The zero-order valence-electron chi connectivity index (χ0n) is 10.7. The highest BCUT2D eigenvalue weighted by Gasteiger charge is 2.49. The van der Waals surface area contributed by atoms with E-state index in [-0.39, 0.29) is 5.54 Å². The summed E-state index contributed by atoms with van der Waals surface area (Å²) in [6.45, 7) is 5.44. The van der Waals surface area contributed by atoms with Gasteiger partial charge >= 0.3 is 0 Å². The fourth-order valence-corrected chi connectivity index (χ4v) is 2.95. The average molecular weight is 230 g/mol. The lowest BCUT2D eigenvalue weighted by molar-refractivity contribution is 0.0478. The molecule has 0 amide bonds. The smallest absolute Gasteiger partial charge is 0.0441 e. The maximum atomic E-state index is 6.36. The van der Waals surface area contributed by atoms with Crippen LogP contribution >= 0.6 is 0 Å². The number of rotatable bonds is 4. The minimum absolute atomic E-state index is 0.156. The molecule has 0 atom stereocenters. The van der Waals surface area contributed by atoms with Gasteiger partial charge in [0.05, 0.1) is 0 Å². The molecule has 1 aliphatic carbocycles. The molecular formula is C15H22N2. The van der Waals surface area contributed by atoms with Crippen molar-refractivity contribution in [2.75, 3.05) is 13.1 Å².